The van der Waals surface area contributed by atoms with Gasteiger partial charge >= 0.3 is 5.63 Å². The van der Waals surface area contributed by atoms with Crippen molar-refractivity contribution in [2.45, 2.75) is 6.54 Å². The van der Waals surface area contributed by atoms with E-state index in [1.165, 1.54) is 18.2 Å². The highest BCUT2D eigenvalue weighted by atomic mass is 19.1. The summed E-state index contributed by atoms with van der Waals surface area (Å²) in [4.78, 5) is 16.1. The second-order valence-corrected chi connectivity index (χ2v) is 6.49. The molecule has 0 aliphatic carbocycles. The van der Waals surface area contributed by atoms with Gasteiger partial charge in [0, 0.05) is 44.2 Å². The van der Waals surface area contributed by atoms with Gasteiger partial charge in [-0.15, -0.1) is 0 Å². The van der Waals surface area contributed by atoms with Crippen molar-refractivity contribution in [3.8, 4) is 5.75 Å². The number of hydrogen-bond donors (Lipinski definition) is 1. The van der Waals surface area contributed by atoms with E-state index in [2.05, 4.69) is 4.90 Å². The fourth-order valence-corrected chi connectivity index (χ4v) is 3.44. The summed E-state index contributed by atoms with van der Waals surface area (Å²) in [5.74, 6) is -0.0694. The zero-order valence-corrected chi connectivity index (χ0v) is 14.2. The van der Waals surface area contributed by atoms with Crippen LogP contribution in [0.15, 0.2) is 57.7 Å². The molecule has 26 heavy (non-hydrogen) atoms. The smallest absolute Gasteiger partial charge is 0.336 e. The largest absolute Gasteiger partial charge is 0.508 e. The summed E-state index contributed by atoms with van der Waals surface area (Å²) in [7, 11) is 0. The molecule has 2 aromatic carbocycles. The molecule has 0 unspecified atom stereocenters. The van der Waals surface area contributed by atoms with Gasteiger partial charge in [-0.1, -0.05) is 12.1 Å². The molecule has 134 valence electrons. The molecule has 1 aliphatic heterocycles. The summed E-state index contributed by atoms with van der Waals surface area (Å²) in [6.07, 6.45) is 0. The molecule has 1 N–H and O–H groups in total. The lowest BCUT2D eigenvalue weighted by Gasteiger charge is -2.36. The van der Waals surface area contributed by atoms with Crippen LogP contribution in [0.1, 0.15) is 5.56 Å². The topological polar surface area (TPSA) is 56.9 Å². The Hall–Kier alpha value is -2.86. The maximum atomic E-state index is 14.0. The molecule has 3 aromatic rings. The number of aromatic hydroxyl groups is 1. The third-order valence-electron chi connectivity index (χ3n) is 4.77. The fourth-order valence-electron chi connectivity index (χ4n) is 3.44. The summed E-state index contributed by atoms with van der Waals surface area (Å²) in [6.45, 7) is 3.53. The Balaban J connectivity index is 1.51. The van der Waals surface area contributed by atoms with E-state index >= 15 is 0 Å². The number of benzene rings is 2. The van der Waals surface area contributed by atoms with Gasteiger partial charge in [0.1, 0.15) is 17.1 Å². The molecule has 0 amide bonds. The molecule has 5 nitrogen and oxygen atoms in total. The van der Waals surface area contributed by atoms with E-state index in [0.717, 1.165) is 24.0 Å². The monoisotopic (exact) mass is 354 g/mol. The molecule has 0 spiro atoms. The van der Waals surface area contributed by atoms with Crippen molar-refractivity contribution in [3.05, 3.63) is 70.3 Å². The van der Waals surface area contributed by atoms with Crippen molar-refractivity contribution in [1.29, 1.82) is 0 Å². The van der Waals surface area contributed by atoms with Crippen molar-refractivity contribution in [1.82, 2.24) is 4.90 Å². The van der Waals surface area contributed by atoms with Gasteiger partial charge in [-0.2, -0.15) is 0 Å². The van der Waals surface area contributed by atoms with E-state index < -0.39 is 5.63 Å². The molecule has 0 atom stereocenters. The number of phenols is 1. The zero-order valence-electron chi connectivity index (χ0n) is 14.2. The Kier molecular flexibility index (Phi) is 4.34. The molecule has 2 heterocycles. The van der Waals surface area contributed by atoms with Crippen LogP contribution in [0.25, 0.3) is 11.0 Å². The van der Waals surface area contributed by atoms with E-state index in [4.69, 9.17) is 4.42 Å². The van der Waals surface area contributed by atoms with Gasteiger partial charge in [-0.25, -0.2) is 9.18 Å². The van der Waals surface area contributed by atoms with Crippen LogP contribution in [0.3, 0.4) is 0 Å². The maximum absolute atomic E-state index is 14.0. The van der Waals surface area contributed by atoms with Crippen LogP contribution in [0.4, 0.5) is 10.1 Å². The van der Waals surface area contributed by atoms with Crippen LogP contribution in [-0.2, 0) is 6.54 Å². The molecule has 0 radical (unpaired) electrons. The molecular formula is C20H19FN2O3. The van der Waals surface area contributed by atoms with Crippen molar-refractivity contribution in [2.75, 3.05) is 31.1 Å². The van der Waals surface area contributed by atoms with Gasteiger partial charge in [0.15, 0.2) is 0 Å². The minimum atomic E-state index is -0.400. The average molecular weight is 354 g/mol. The van der Waals surface area contributed by atoms with E-state index in [1.54, 1.807) is 24.3 Å². The van der Waals surface area contributed by atoms with Gasteiger partial charge in [0.05, 0.1) is 5.69 Å². The van der Waals surface area contributed by atoms with Gasteiger partial charge in [0.2, 0.25) is 0 Å². The summed E-state index contributed by atoms with van der Waals surface area (Å²) in [5, 5.41) is 10.5. The summed E-state index contributed by atoms with van der Waals surface area (Å²) in [6, 6.07) is 13.0. The predicted molar refractivity (Wildman–Crippen MR) is 98.0 cm³/mol. The number of phenolic OH excluding ortho intramolecular Hbond substituents is 1. The number of piperazine rings is 1. The Morgan fingerprint density at radius 3 is 2.58 bits per heavy atom. The number of halogens is 1. The SMILES string of the molecule is O=c1cc(CN2CCN(c3ccccc3F)CC2)c2cc(O)ccc2o1. The standard InChI is InChI=1S/C20H19FN2O3/c21-17-3-1-2-4-18(17)23-9-7-22(8-10-23)13-14-11-20(25)26-19-6-5-15(24)12-16(14)19/h1-6,11-12,24H,7-10,13H2. The van der Waals surface area contributed by atoms with Gasteiger partial charge < -0.3 is 14.4 Å². The molecular weight excluding hydrogens is 335 g/mol. The van der Waals surface area contributed by atoms with E-state index in [9.17, 15) is 14.3 Å². The molecule has 1 fully saturated rings. The Morgan fingerprint density at radius 2 is 1.81 bits per heavy atom. The highest BCUT2D eigenvalue weighted by Crippen LogP contribution is 2.24. The van der Waals surface area contributed by atoms with Crippen LogP contribution in [0, 0.1) is 5.82 Å². The first-order valence-electron chi connectivity index (χ1n) is 8.58. The van der Waals surface area contributed by atoms with Gasteiger partial charge in [-0.05, 0) is 35.9 Å². The quantitative estimate of drug-likeness (QED) is 0.733. The first-order chi connectivity index (χ1) is 12.6. The van der Waals surface area contributed by atoms with E-state index in [1.807, 2.05) is 11.0 Å². The number of hydrogen-bond acceptors (Lipinski definition) is 5. The minimum absolute atomic E-state index is 0.136. The number of anilines is 1. The second kappa shape index (κ2) is 6.80. The first kappa shape index (κ1) is 16.6. The Labute approximate surface area is 149 Å². The summed E-state index contributed by atoms with van der Waals surface area (Å²) >= 11 is 0. The highest BCUT2D eigenvalue weighted by molar-refractivity contribution is 5.81. The van der Waals surface area contributed by atoms with Gasteiger partial charge in [-0.3, -0.25) is 4.90 Å². The van der Waals surface area contributed by atoms with Crippen molar-refractivity contribution in [2.24, 2.45) is 0 Å². The van der Waals surface area contributed by atoms with Gasteiger partial charge in [0.25, 0.3) is 0 Å². The normalized spacial score (nSPS) is 15.5. The Bertz CT molecular complexity index is 994. The number of nitrogens with zero attached hydrogens (tertiary/aromatic N) is 2. The lowest BCUT2D eigenvalue weighted by atomic mass is 10.1. The summed E-state index contributed by atoms with van der Waals surface area (Å²) < 4.78 is 19.2. The predicted octanol–water partition coefficient (Wildman–Crippen LogP) is 2.96. The van der Waals surface area contributed by atoms with Crippen LogP contribution >= 0.6 is 0 Å². The number of rotatable bonds is 3. The molecule has 4 rings (SSSR count). The third kappa shape index (κ3) is 3.28. The van der Waals surface area contributed by atoms with Crippen LogP contribution in [-0.4, -0.2) is 36.2 Å². The lowest BCUT2D eigenvalue weighted by molar-refractivity contribution is 0.249. The molecule has 1 saturated heterocycles. The molecule has 0 bridgehead atoms. The van der Waals surface area contributed by atoms with E-state index in [0.29, 0.717) is 30.9 Å². The molecule has 1 aliphatic rings. The lowest BCUT2D eigenvalue weighted by Crippen LogP contribution is -2.46. The number of para-hydroxylation sites is 1. The van der Waals surface area contributed by atoms with Crippen molar-refractivity contribution >= 4 is 16.7 Å². The first-order valence-corrected chi connectivity index (χ1v) is 8.58. The number of fused-ring (bicyclic) bond motifs is 1. The van der Waals surface area contributed by atoms with Crippen molar-refractivity contribution < 1.29 is 13.9 Å². The fraction of sp³-hybridized carbons (Fsp3) is 0.250. The Morgan fingerprint density at radius 1 is 1.04 bits per heavy atom. The molecule has 6 heteroatoms. The molecule has 1 aromatic heterocycles. The van der Waals surface area contributed by atoms with E-state index in [-0.39, 0.29) is 11.6 Å². The van der Waals surface area contributed by atoms with Crippen LogP contribution in [0.5, 0.6) is 5.75 Å². The van der Waals surface area contributed by atoms with Crippen LogP contribution in [0.2, 0.25) is 0 Å². The molecule has 0 saturated carbocycles. The average Bonchev–Trinajstić information content (AvgIpc) is 2.63. The van der Waals surface area contributed by atoms with Crippen LogP contribution < -0.4 is 10.5 Å². The highest BCUT2D eigenvalue weighted by Gasteiger charge is 2.20. The van der Waals surface area contributed by atoms with Crippen molar-refractivity contribution in [3.63, 3.8) is 0 Å². The summed E-state index contributed by atoms with van der Waals surface area (Å²) in [5.41, 5.74) is 1.52. The third-order valence-corrected chi connectivity index (χ3v) is 4.77. The minimum Gasteiger partial charge on any atom is -0.508 e. The zero-order chi connectivity index (χ0) is 18.1. The maximum Gasteiger partial charge on any atom is 0.336 e. The second-order valence-electron chi connectivity index (χ2n) is 6.49.